The third-order valence-electron chi connectivity index (χ3n) is 2.51. The number of carbonyl (C=O) groups excluding carboxylic acids is 1. The Morgan fingerprint density at radius 3 is 2.61 bits per heavy atom. The van der Waals surface area contributed by atoms with Crippen molar-refractivity contribution in [2.24, 2.45) is 0 Å². The summed E-state index contributed by atoms with van der Waals surface area (Å²) in [7, 11) is 0. The highest BCUT2D eigenvalue weighted by Gasteiger charge is 2.10. The van der Waals surface area contributed by atoms with E-state index in [0.717, 1.165) is 16.0 Å². The summed E-state index contributed by atoms with van der Waals surface area (Å²) in [6.45, 7) is 3.51. The lowest BCUT2D eigenvalue weighted by Gasteiger charge is -2.13. The number of hydrogen-bond donors (Lipinski definition) is 3. The third kappa shape index (κ3) is 4.68. The van der Waals surface area contributed by atoms with Gasteiger partial charge < -0.3 is 15.5 Å². The highest BCUT2D eigenvalue weighted by atomic mass is 32.2. The molecule has 3 N–H and O–H groups in total. The van der Waals surface area contributed by atoms with E-state index in [1.54, 1.807) is 0 Å². The van der Waals surface area contributed by atoms with Crippen LogP contribution in [0.25, 0.3) is 0 Å². The summed E-state index contributed by atoms with van der Waals surface area (Å²) in [5.41, 5.74) is 2.30. The molecule has 0 saturated heterocycles. The Kier molecular flexibility index (Phi) is 6.18. The standard InChI is InChI=1S/C13H19NO3S/c1-9-3-4-10(2)12(5-9)18-8-13(17)14-11(6-15)7-16/h3-5,11,15-16H,6-8H2,1-2H3,(H,14,17). The lowest BCUT2D eigenvalue weighted by Crippen LogP contribution is -2.40. The lowest BCUT2D eigenvalue weighted by molar-refractivity contribution is -0.119. The number of nitrogens with one attached hydrogen (secondary N) is 1. The van der Waals surface area contributed by atoms with Crippen molar-refractivity contribution in [3.63, 3.8) is 0 Å². The number of benzene rings is 1. The van der Waals surface area contributed by atoms with Gasteiger partial charge in [-0.3, -0.25) is 4.79 Å². The predicted molar refractivity (Wildman–Crippen MR) is 72.7 cm³/mol. The molecule has 0 fully saturated rings. The van der Waals surface area contributed by atoms with Gasteiger partial charge in [0, 0.05) is 4.90 Å². The molecule has 4 nitrogen and oxygen atoms in total. The molecule has 0 aliphatic rings. The lowest BCUT2D eigenvalue weighted by atomic mass is 10.2. The van der Waals surface area contributed by atoms with Gasteiger partial charge in [0.05, 0.1) is 25.0 Å². The molecular formula is C13H19NO3S. The van der Waals surface area contributed by atoms with E-state index < -0.39 is 6.04 Å². The molecule has 0 aliphatic carbocycles. The summed E-state index contributed by atoms with van der Waals surface area (Å²) in [6, 6.07) is 5.53. The third-order valence-corrected chi connectivity index (χ3v) is 3.67. The fourth-order valence-corrected chi connectivity index (χ4v) is 2.36. The van der Waals surface area contributed by atoms with Crippen molar-refractivity contribution in [3.05, 3.63) is 29.3 Å². The van der Waals surface area contributed by atoms with Crippen LogP contribution >= 0.6 is 11.8 Å². The van der Waals surface area contributed by atoms with Crippen LogP contribution in [0.5, 0.6) is 0 Å². The van der Waals surface area contributed by atoms with Crippen LogP contribution in [-0.2, 0) is 4.79 Å². The van der Waals surface area contributed by atoms with Crippen LogP contribution in [0.15, 0.2) is 23.1 Å². The van der Waals surface area contributed by atoms with Crippen LogP contribution in [0.4, 0.5) is 0 Å². The van der Waals surface area contributed by atoms with Crippen molar-refractivity contribution in [1.29, 1.82) is 0 Å². The van der Waals surface area contributed by atoms with E-state index in [4.69, 9.17) is 10.2 Å². The van der Waals surface area contributed by atoms with E-state index in [9.17, 15) is 4.79 Å². The Labute approximate surface area is 111 Å². The normalized spacial score (nSPS) is 10.7. The van der Waals surface area contributed by atoms with E-state index in [0.29, 0.717) is 0 Å². The molecule has 0 unspecified atom stereocenters. The first-order valence-corrected chi connectivity index (χ1v) is 6.76. The van der Waals surface area contributed by atoms with Gasteiger partial charge in [0.25, 0.3) is 0 Å². The molecule has 18 heavy (non-hydrogen) atoms. The minimum Gasteiger partial charge on any atom is -0.394 e. The SMILES string of the molecule is Cc1ccc(C)c(SCC(=O)NC(CO)CO)c1. The summed E-state index contributed by atoms with van der Waals surface area (Å²) in [4.78, 5) is 12.7. The van der Waals surface area contributed by atoms with Gasteiger partial charge in [-0.15, -0.1) is 11.8 Å². The molecule has 1 aromatic rings. The second-order valence-corrected chi connectivity index (χ2v) is 5.20. The molecule has 0 aliphatic heterocycles. The monoisotopic (exact) mass is 269 g/mol. The van der Waals surface area contributed by atoms with Crippen molar-refractivity contribution in [3.8, 4) is 0 Å². The van der Waals surface area contributed by atoms with E-state index in [1.165, 1.54) is 11.8 Å². The van der Waals surface area contributed by atoms with Crippen molar-refractivity contribution < 1.29 is 15.0 Å². The van der Waals surface area contributed by atoms with Crippen LogP contribution in [0.3, 0.4) is 0 Å². The highest BCUT2D eigenvalue weighted by Crippen LogP contribution is 2.23. The number of amides is 1. The number of thioether (sulfide) groups is 1. The molecule has 1 amide bonds. The van der Waals surface area contributed by atoms with Crippen LogP contribution in [0.2, 0.25) is 0 Å². The maximum Gasteiger partial charge on any atom is 0.230 e. The summed E-state index contributed by atoms with van der Waals surface area (Å²) in [5.74, 6) is 0.0925. The van der Waals surface area contributed by atoms with Crippen molar-refractivity contribution in [1.82, 2.24) is 5.32 Å². The Bertz CT molecular complexity index is 405. The smallest absolute Gasteiger partial charge is 0.230 e. The fraction of sp³-hybridized carbons (Fsp3) is 0.462. The maximum absolute atomic E-state index is 11.6. The van der Waals surface area contributed by atoms with Gasteiger partial charge in [0.15, 0.2) is 0 Å². The molecule has 1 rings (SSSR count). The second kappa shape index (κ2) is 7.41. The van der Waals surface area contributed by atoms with Crippen molar-refractivity contribution in [2.45, 2.75) is 24.8 Å². The number of rotatable bonds is 6. The van der Waals surface area contributed by atoms with E-state index in [-0.39, 0.29) is 24.9 Å². The first-order valence-electron chi connectivity index (χ1n) is 5.78. The Morgan fingerprint density at radius 1 is 1.33 bits per heavy atom. The Hall–Kier alpha value is -1.04. The molecule has 100 valence electrons. The zero-order valence-electron chi connectivity index (χ0n) is 10.6. The molecule has 0 saturated carbocycles. The first kappa shape index (κ1) is 15.0. The van der Waals surface area contributed by atoms with E-state index >= 15 is 0 Å². The zero-order chi connectivity index (χ0) is 13.5. The summed E-state index contributed by atoms with van der Waals surface area (Å²) in [6.07, 6.45) is 0. The maximum atomic E-state index is 11.6. The van der Waals surface area contributed by atoms with E-state index in [1.807, 2.05) is 32.0 Å². The molecule has 0 heterocycles. The minimum absolute atomic E-state index is 0.186. The molecule has 0 spiro atoms. The van der Waals surface area contributed by atoms with Gasteiger partial charge in [-0.25, -0.2) is 0 Å². The quantitative estimate of drug-likeness (QED) is 0.670. The molecule has 1 aromatic carbocycles. The summed E-state index contributed by atoms with van der Waals surface area (Å²) >= 11 is 1.46. The van der Waals surface area contributed by atoms with Crippen molar-refractivity contribution in [2.75, 3.05) is 19.0 Å². The first-order chi connectivity index (χ1) is 8.56. The summed E-state index contributed by atoms with van der Waals surface area (Å²) in [5, 5.41) is 20.3. The predicted octanol–water partition coefficient (Wildman–Crippen LogP) is 0.865. The number of aliphatic hydroxyl groups is 2. The van der Waals surface area contributed by atoms with Gasteiger partial charge in [-0.2, -0.15) is 0 Å². The molecule has 5 heteroatoms. The van der Waals surface area contributed by atoms with Crippen molar-refractivity contribution >= 4 is 17.7 Å². The number of aliphatic hydroxyl groups excluding tert-OH is 2. The van der Waals surface area contributed by atoms with Gasteiger partial charge in [-0.05, 0) is 25.5 Å². The van der Waals surface area contributed by atoms with Gasteiger partial charge >= 0.3 is 0 Å². The molecule has 0 radical (unpaired) electrons. The topological polar surface area (TPSA) is 69.6 Å². The second-order valence-electron chi connectivity index (χ2n) is 4.19. The molecule has 0 atom stereocenters. The van der Waals surface area contributed by atoms with Gasteiger partial charge in [0.1, 0.15) is 0 Å². The van der Waals surface area contributed by atoms with Gasteiger partial charge in [-0.1, -0.05) is 17.7 Å². The van der Waals surface area contributed by atoms with Gasteiger partial charge in [0.2, 0.25) is 5.91 Å². The zero-order valence-corrected chi connectivity index (χ0v) is 11.5. The molecular weight excluding hydrogens is 250 g/mol. The molecule has 0 bridgehead atoms. The van der Waals surface area contributed by atoms with E-state index in [2.05, 4.69) is 5.32 Å². The number of hydrogen-bond acceptors (Lipinski definition) is 4. The number of aryl methyl sites for hydroxylation is 2. The Morgan fingerprint density at radius 2 is 2.00 bits per heavy atom. The van der Waals surface area contributed by atoms with Crippen LogP contribution in [0.1, 0.15) is 11.1 Å². The highest BCUT2D eigenvalue weighted by molar-refractivity contribution is 8.00. The van der Waals surface area contributed by atoms with Crippen LogP contribution in [-0.4, -0.2) is 41.1 Å². The Balaban J connectivity index is 2.49. The largest absolute Gasteiger partial charge is 0.394 e. The summed E-state index contributed by atoms with van der Waals surface area (Å²) < 4.78 is 0. The van der Waals surface area contributed by atoms with Crippen LogP contribution < -0.4 is 5.32 Å². The molecule has 0 aromatic heterocycles. The minimum atomic E-state index is -0.572. The average Bonchev–Trinajstić information content (AvgIpc) is 2.37. The number of carbonyl (C=O) groups is 1. The fourth-order valence-electron chi connectivity index (χ4n) is 1.42. The van der Waals surface area contributed by atoms with Crippen LogP contribution in [0, 0.1) is 13.8 Å². The average molecular weight is 269 g/mol.